The summed E-state index contributed by atoms with van der Waals surface area (Å²) in [6, 6.07) is 4.15. The van der Waals surface area contributed by atoms with Gasteiger partial charge < -0.3 is 20.5 Å². The number of nitrogens with zero attached hydrogens (tertiary/aromatic N) is 3. The Labute approximate surface area is 188 Å². The topological polar surface area (TPSA) is 118 Å². The number of carbonyl (C=O) groups excluding carboxylic acids is 1. The quantitative estimate of drug-likeness (QED) is 0.341. The van der Waals surface area contributed by atoms with Crippen LogP contribution in [-0.2, 0) is 16.3 Å². The second-order valence-corrected chi connectivity index (χ2v) is 14.8. The summed E-state index contributed by atoms with van der Waals surface area (Å²) in [6.07, 6.45) is 6.07. The third-order valence-corrected chi connectivity index (χ3v) is 6.93. The number of ether oxygens (including phenoxy) is 1. The summed E-state index contributed by atoms with van der Waals surface area (Å²) in [5.41, 5.74) is 2.63. The van der Waals surface area contributed by atoms with Crippen molar-refractivity contribution in [2.75, 3.05) is 11.9 Å². The minimum Gasteiger partial charge on any atom is -0.465 e. The van der Waals surface area contributed by atoms with Crippen molar-refractivity contribution >= 4 is 25.8 Å². The van der Waals surface area contributed by atoms with Gasteiger partial charge >= 0.3 is 6.09 Å². The molecule has 1 aliphatic heterocycles. The van der Waals surface area contributed by atoms with Crippen LogP contribution in [0.3, 0.4) is 0 Å². The van der Waals surface area contributed by atoms with Crippen LogP contribution in [0.15, 0.2) is 36.7 Å². The van der Waals surface area contributed by atoms with Gasteiger partial charge in [-0.3, -0.25) is 9.78 Å². The summed E-state index contributed by atoms with van der Waals surface area (Å²) in [5, 5.41) is 19.2. The van der Waals surface area contributed by atoms with Crippen molar-refractivity contribution in [2.45, 2.75) is 51.8 Å². The lowest BCUT2D eigenvalue weighted by molar-refractivity contribution is -0.118. The molecule has 172 valence electrons. The highest BCUT2D eigenvalue weighted by atomic mass is 28.3. The number of pyridine rings is 1. The SMILES string of the molecule is C[C@@H]1/C=C/C[C@H](NC(=O)O)c2cc(ccn2)-c2c(cnn2COCC[Si](C)(C)C)NC1=O. The molecule has 0 radical (unpaired) electrons. The van der Waals surface area contributed by atoms with Crippen LogP contribution in [0.1, 0.15) is 25.1 Å². The maximum absolute atomic E-state index is 12.7. The molecule has 0 aromatic carbocycles. The normalized spacial score (nSPS) is 19.8. The smallest absolute Gasteiger partial charge is 0.405 e. The van der Waals surface area contributed by atoms with E-state index in [4.69, 9.17) is 4.74 Å². The van der Waals surface area contributed by atoms with Crippen LogP contribution >= 0.6 is 0 Å². The Hall–Kier alpha value is -2.98. The minimum absolute atomic E-state index is 0.167. The Balaban J connectivity index is 1.98. The number of anilines is 1. The molecule has 0 unspecified atom stereocenters. The molecule has 10 heteroatoms. The lowest BCUT2D eigenvalue weighted by Crippen LogP contribution is -2.27. The Morgan fingerprint density at radius 2 is 2.19 bits per heavy atom. The summed E-state index contributed by atoms with van der Waals surface area (Å²) in [6.45, 7) is 9.57. The van der Waals surface area contributed by atoms with Crippen molar-refractivity contribution in [3.05, 3.63) is 42.4 Å². The first-order valence-corrected chi connectivity index (χ1v) is 14.4. The molecule has 2 aromatic heterocycles. The summed E-state index contributed by atoms with van der Waals surface area (Å²) < 4.78 is 7.61. The highest BCUT2D eigenvalue weighted by Crippen LogP contribution is 2.31. The van der Waals surface area contributed by atoms with E-state index in [0.29, 0.717) is 30.1 Å². The highest BCUT2D eigenvalue weighted by Gasteiger charge is 2.22. The molecule has 1 aliphatic rings. The van der Waals surface area contributed by atoms with Crippen LogP contribution < -0.4 is 10.6 Å². The van der Waals surface area contributed by atoms with Gasteiger partial charge in [-0.1, -0.05) is 38.7 Å². The predicted molar refractivity (Wildman–Crippen MR) is 125 cm³/mol. The van der Waals surface area contributed by atoms with E-state index < -0.39 is 26.1 Å². The largest absolute Gasteiger partial charge is 0.465 e. The zero-order valence-corrected chi connectivity index (χ0v) is 20.0. The first-order valence-electron chi connectivity index (χ1n) is 10.7. The van der Waals surface area contributed by atoms with E-state index in [2.05, 4.69) is 40.4 Å². The van der Waals surface area contributed by atoms with Crippen LogP contribution in [0.2, 0.25) is 25.7 Å². The molecule has 0 aliphatic carbocycles. The van der Waals surface area contributed by atoms with Crippen molar-refractivity contribution < 1.29 is 19.4 Å². The summed E-state index contributed by atoms with van der Waals surface area (Å²) in [5.74, 6) is -0.560. The van der Waals surface area contributed by atoms with Crippen LogP contribution in [0.25, 0.3) is 11.3 Å². The highest BCUT2D eigenvalue weighted by molar-refractivity contribution is 6.76. The predicted octanol–water partition coefficient (Wildman–Crippen LogP) is 4.10. The van der Waals surface area contributed by atoms with Crippen LogP contribution in [0, 0.1) is 5.92 Å². The molecule has 3 rings (SSSR count). The molecule has 9 nitrogen and oxygen atoms in total. The molecule has 2 aromatic rings. The van der Waals surface area contributed by atoms with E-state index in [-0.39, 0.29) is 12.6 Å². The van der Waals surface area contributed by atoms with Gasteiger partial charge in [0, 0.05) is 26.4 Å². The van der Waals surface area contributed by atoms with Gasteiger partial charge in [-0.25, -0.2) is 9.48 Å². The van der Waals surface area contributed by atoms with Gasteiger partial charge in [0.05, 0.1) is 35.2 Å². The summed E-state index contributed by atoms with van der Waals surface area (Å²) >= 11 is 0. The molecule has 0 spiro atoms. The second kappa shape index (κ2) is 10.1. The standard InChI is InChI=1S/C22H31N5O4Si/c1-15-6-5-7-17(26-22(29)30)18-12-16(8-9-23-18)20-19(25-21(15)28)13-24-27(20)14-31-10-11-32(2,3)4/h5-6,8-9,12-13,15,17,26H,7,10-11,14H2,1-4H3,(H,25,28)(H,29,30)/b6-5+/t15-,17+/m1/s1. The van der Waals surface area contributed by atoms with Crippen molar-refractivity contribution in [1.29, 1.82) is 0 Å². The van der Waals surface area contributed by atoms with Crippen molar-refractivity contribution in [3.8, 4) is 11.3 Å². The van der Waals surface area contributed by atoms with Crippen LogP contribution in [0.4, 0.5) is 10.5 Å². The van der Waals surface area contributed by atoms with Crippen molar-refractivity contribution in [2.24, 2.45) is 5.92 Å². The fraction of sp³-hybridized carbons (Fsp3) is 0.455. The molecule has 2 atom stereocenters. The third kappa shape index (κ3) is 6.27. The average molecular weight is 458 g/mol. The lowest BCUT2D eigenvalue weighted by Gasteiger charge is -2.19. The third-order valence-electron chi connectivity index (χ3n) is 5.23. The number of carboxylic acid groups (broad SMARTS) is 1. The first kappa shape index (κ1) is 23.7. The number of rotatable bonds is 6. The molecule has 3 N–H and O–H groups in total. The van der Waals surface area contributed by atoms with Crippen molar-refractivity contribution in [1.82, 2.24) is 20.1 Å². The molecule has 0 saturated heterocycles. The zero-order valence-electron chi connectivity index (χ0n) is 19.0. The van der Waals surface area contributed by atoms with E-state index in [1.54, 1.807) is 36.2 Å². The van der Waals surface area contributed by atoms with Crippen molar-refractivity contribution in [3.63, 3.8) is 0 Å². The molecule has 0 fully saturated rings. The van der Waals surface area contributed by atoms with E-state index >= 15 is 0 Å². The molecular formula is C22H31N5O4Si. The molecular weight excluding hydrogens is 426 g/mol. The Morgan fingerprint density at radius 1 is 1.41 bits per heavy atom. The van der Waals surface area contributed by atoms with Gasteiger partial charge in [-0.2, -0.15) is 5.10 Å². The Kier molecular flexibility index (Phi) is 7.47. The first-order chi connectivity index (χ1) is 15.1. The van der Waals surface area contributed by atoms with E-state index in [1.165, 1.54) is 0 Å². The fourth-order valence-corrected chi connectivity index (χ4v) is 4.11. The van der Waals surface area contributed by atoms with E-state index in [0.717, 1.165) is 11.6 Å². The summed E-state index contributed by atoms with van der Waals surface area (Å²) in [4.78, 5) is 28.4. The molecule has 3 heterocycles. The zero-order chi connectivity index (χ0) is 23.3. The lowest BCUT2D eigenvalue weighted by atomic mass is 10.0. The maximum Gasteiger partial charge on any atom is 0.405 e. The summed E-state index contributed by atoms with van der Waals surface area (Å²) in [7, 11) is -1.21. The van der Waals surface area contributed by atoms with E-state index in [9.17, 15) is 14.7 Å². The Morgan fingerprint density at radius 3 is 2.91 bits per heavy atom. The monoisotopic (exact) mass is 457 g/mol. The Bertz CT molecular complexity index is 998. The van der Waals surface area contributed by atoms with Gasteiger partial charge in [0.15, 0.2) is 0 Å². The average Bonchev–Trinajstić information content (AvgIpc) is 3.11. The number of hydrogen-bond donors (Lipinski definition) is 3. The van der Waals surface area contributed by atoms with Gasteiger partial charge in [-0.15, -0.1) is 0 Å². The number of nitrogens with one attached hydrogen (secondary N) is 2. The molecule has 2 bridgehead atoms. The van der Waals surface area contributed by atoms with Gasteiger partial charge in [0.25, 0.3) is 0 Å². The molecule has 2 amide bonds. The van der Waals surface area contributed by atoms with E-state index in [1.807, 2.05) is 12.1 Å². The van der Waals surface area contributed by atoms with Gasteiger partial charge in [0.1, 0.15) is 6.73 Å². The maximum atomic E-state index is 12.7. The van der Waals surface area contributed by atoms with Crippen LogP contribution in [0.5, 0.6) is 0 Å². The number of fused-ring (bicyclic) bond motifs is 4. The van der Waals surface area contributed by atoms with Gasteiger partial charge in [0.2, 0.25) is 5.91 Å². The van der Waals surface area contributed by atoms with Crippen LogP contribution in [-0.4, -0.2) is 46.6 Å². The number of carbonyl (C=O) groups is 2. The minimum atomic E-state index is -1.21. The second-order valence-electron chi connectivity index (χ2n) is 9.17. The molecule has 32 heavy (non-hydrogen) atoms. The number of aromatic nitrogens is 3. The molecule has 0 saturated carbocycles. The number of hydrogen-bond acceptors (Lipinski definition) is 5. The fourth-order valence-electron chi connectivity index (χ4n) is 3.35. The number of amides is 2. The van der Waals surface area contributed by atoms with Gasteiger partial charge in [-0.05, 0) is 24.6 Å².